The smallest absolute Gasteiger partial charge is 0.232 e. The highest BCUT2D eigenvalue weighted by molar-refractivity contribution is 7.99. The third-order valence-electron chi connectivity index (χ3n) is 4.62. The number of hydrogen-bond donors (Lipinski definition) is 1. The maximum atomic E-state index is 12.0. The van der Waals surface area contributed by atoms with Gasteiger partial charge in [0, 0.05) is 32.2 Å². The fraction of sp³-hybridized carbons (Fsp3) is 0.933. The number of aliphatic hydroxyl groups is 1. The van der Waals surface area contributed by atoms with Crippen molar-refractivity contribution in [3.63, 3.8) is 0 Å². The summed E-state index contributed by atoms with van der Waals surface area (Å²) in [6.45, 7) is 5.21. The number of thioether (sulfide) groups is 1. The minimum absolute atomic E-state index is 0.210. The molecule has 0 spiro atoms. The van der Waals surface area contributed by atoms with Gasteiger partial charge in [0.2, 0.25) is 5.91 Å². The van der Waals surface area contributed by atoms with Gasteiger partial charge >= 0.3 is 0 Å². The molecular weight excluding hydrogens is 272 g/mol. The summed E-state index contributed by atoms with van der Waals surface area (Å²) in [7, 11) is 0. The van der Waals surface area contributed by atoms with Gasteiger partial charge in [0.05, 0.1) is 5.75 Å². The maximum absolute atomic E-state index is 12.0. The van der Waals surface area contributed by atoms with E-state index in [1.54, 1.807) is 11.8 Å². The second-order valence-corrected chi connectivity index (χ2v) is 7.02. The first kappa shape index (κ1) is 16.1. The van der Waals surface area contributed by atoms with E-state index in [1.165, 1.54) is 38.8 Å². The molecule has 1 N–H and O–H groups in total. The lowest BCUT2D eigenvalue weighted by molar-refractivity contribution is -0.127. The molecule has 2 saturated heterocycles. The highest BCUT2D eigenvalue weighted by Gasteiger charge is 2.35. The summed E-state index contributed by atoms with van der Waals surface area (Å²) in [4.78, 5) is 16.5. The van der Waals surface area contributed by atoms with Gasteiger partial charge in [-0.3, -0.25) is 4.79 Å². The topological polar surface area (TPSA) is 43.8 Å². The maximum Gasteiger partial charge on any atom is 0.232 e. The molecule has 0 saturated carbocycles. The van der Waals surface area contributed by atoms with Crippen LogP contribution in [0.15, 0.2) is 0 Å². The molecule has 116 valence electrons. The summed E-state index contributed by atoms with van der Waals surface area (Å²) in [5.74, 6) is 1.51. The van der Waals surface area contributed by atoms with Gasteiger partial charge < -0.3 is 14.9 Å². The third kappa shape index (κ3) is 4.37. The Bertz CT molecular complexity index is 306. The largest absolute Gasteiger partial charge is 0.396 e. The second-order valence-electron chi connectivity index (χ2n) is 6.15. The quantitative estimate of drug-likeness (QED) is 0.831. The van der Waals surface area contributed by atoms with Crippen molar-refractivity contribution in [1.82, 2.24) is 9.80 Å². The normalized spacial score (nSPS) is 28.6. The first-order valence-corrected chi connectivity index (χ1v) is 9.24. The predicted molar refractivity (Wildman–Crippen MR) is 83.9 cm³/mol. The number of likely N-dealkylation sites (tertiary alicyclic amines) is 2. The van der Waals surface area contributed by atoms with Crippen LogP contribution in [0.5, 0.6) is 0 Å². The van der Waals surface area contributed by atoms with E-state index in [0.717, 1.165) is 19.6 Å². The van der Waals surface area contributed by atoms with Crippen LogP contribution in [0.3, 0.4) is 0 Å². The third-order valence-corrected chi connectivity index (χ3v) is 5.16. The van der Waals surface area contributed by atoms with Crippen LogP contribution in [0.1, 0.15) is 25.7 Å². The summed E-state index contributed by atoms with van der Waals surface area (Å²) in [6.07, 6.45) is 7.26. The standard InChI is InChI=1S/C15H28N2O2S/c1-20-12-15(19)17-9-13(14(10-17)11-18)8-16-6-4-2-3-5-7-16/h13-14,18H,2-12H2,1H3/t13-,14-/m1/s1. The number of carbonyl (C=O) groups is 1. The number of amides is 1. The molecule has 2 fully saturated rings. The van der Waals surface area contributed by atoms with Gasteiger partial charge in [-0.2, -0.15) is 11.8 Å². The van der Waals surface area contributed by atoms with Gasteiger partial charge in [-0.1, -0.05) is 12.8 Å². The van der Waals surface area contributed by atoms with Crippen LogP contribution in [0.4, 0.5) is 0 Å². The summed E-state index contributed by atoms with van der Waals surface area (Å²) in [6, 6.07) is 0. The average Bonchev–Trinajstić information content (AvgIpc) is 2.67. The van der Waals surface area contributed by atoms with Crippen LogP contribution in [-0.2, 0) is 4.79 Å². The molecule has 0 aromatic carbocycles. The van der Waals surface area contributed by atoms with Gasteiger partial charge in [0.1, 0.15) is 0 Å². The molecule has 0 unspecified atom stereocenters. The lowest BCUT2D eigenvalue weighted by atomic mass is 9.96. The molecule has 0 aliphatic carbocycles. The van der Waals surface area contributed by atoms with Crippen LogP contribution >= 0.6 is 11.8 Å². The van der Waals surface area contributed by atoms with Crippen LogP contribution in [0, 0.1) is 11.8 Å². The second kappa shape index (κ2) is 8.25. The first-order chi connectivity index (χ1) is 9.74. The Morgan fingerprint density at radius 1 is 1.15 bits per heavy atom. The van der Waals surface area contributed by atoms with Gasteiger partial charge in [-0.05, 0) is 38.1 Å². The number of aliphatic hydroxyl groups excluding tert-OH is 1. The molecule has 2 heterocycles. The molecule has 0 aromatic rings. The zero-order chi connectivity index (χ0) is 14.4. The Morgan fingerprint density at radius 3 is 2.40 bits per heavy atom. The van der Waals surface area contributed by atoms with Gasteiger partial charge in [-0.15, -0.1) is 0 Å². The van der Waals surface area contributed by atoms with Crippen LogP contribution < -0.4 is 0 Å². The zero-order valence-electron chi connectivity index (χ0n) is 12.6. The molecule has 0 radical (unpaired) electrons. The molecule has 0 bridgehead atoms. The summed E-state index contributed by atoms with van der Waals surface area (Å²) in [5, 5.41) is 9.59. The van der Waals surface area contributed by atoms with Crippen LogP contribution in [-0.4, -0.2) is 72.2 Å². The first-order valence-electron chi connectivity index (χ1n) is 7.84. The van der Waals surface area contributed by atoms with Gasteiger partial charge in [0.25, 0.3) is 0 Å². The lowest BCUT2D eigenvalue weighted by Crippen LogP contribution is -2.35. The van der Waals surface area contributed by atoms with Crippen molar-refractivity contribution in [1.29, 1.82) is 0 Å². The number of hydrogen-bond acceptors (Lipinski definition) is 4. The highest BCUT2D eigenvalue weighted by atomic mass is 32.2. The molecule has 5 heteroatoms. The lowest BCUT2D eigenvalue weighted by Gasteiger charge is -2.26. The Kier molecular flexibility index (Phi) is 6.65. The van der Waals surface area contributed by atoms with Gasteiger partial charge in [-0.25, -0.2) is 0 Å². The zero-order valence-corrected chi connectivity index (χ0v) is 13.4. The fourth-order valence-electron chi connectivity index (χ4n) is 3.42. The molecule has 2 atom stereocenters. The van der Waals surface area contributed by atoms with Crippen molar-refractivity contribution in [2.75, 3.05) is 51.3 Å². The highest BCUT2D eigenvalue weighted by Crippen LogP contribution is 2.25. The van der Waals surface area contributed by atoms with E-state index in [4.69, 9.17) is 0 Å². The van der Waals surface area contributed by atoms with Gasteiger partial charge in [0.15, 0.2) is 0 Å². The number of rotatable bonds is 5. The molecule has 1 amide bonds. The average molecular weight is 300 g/mol. The van der Waals surface area contributed by atoms with E-state index in [0.29, 0.717) is 11.7 Å². The SMILES string of the molecule is CSCC(=O)N1C[C@@H](CN2CCCCCC2)[C@@H](CO)C1. The van der Waals surface area contributed by atoms with Crippen molar-refractivity contribution in [3.05, 3.63) is 0 Å². The van der Waals surface area contributed by atoms with E-state index in [-0.39, 0.29) is 18.4 Å². The number of carbonyl (C=O) groups excluding carboxylic acids is 1. The molecule has 4 nitrogen and oxygen atoms in total. The van der Waals surface area contributed by atoms with Crippen molar-refractivity contribution in [3.8, 4) is 0 Å². The van der Waals surface area contributed by atoms with Crippen LogP contribution in [0.25, 0.3) is 0 Å². The predicted octanol–water partition coefficient (Wildman–Crippen LogP) is 1.29. The molecule has 20 heavy (non-hydrogen) atoms. The monoisotopic (exact) mass is 300 g/mol. The summed E-state index contributed by atoms with van der Waals surface area (Å²) < 4.78 is 0. The molecular formula is C15H28N2O2S. The molecule has 0 aromatic heterocycles. The van der Waals surface area contributed by atoms with Crippen LogP contribution in [0.2, 0.25) is 0 Å². The Hall–Kier alpha value is -0.260. The molecule has 2 rings (SSSR count). The minimum atomic E-state index is 0.210. The van der Waals surface area contributed by atoms with E-state index >= 15 is 0 Å². The van der Waals surface area contributed by atoms with Crippen molar-refractivity contribution < 1.29 is 9.90 Å². The minimum Gasteiger partial charge on any atom is -0.396 e. The molecule has 2 aliphatic heterocycles. The van der Waals surface area contributed by atoms with Crippen molar-refractivity contribution in [2.24, 2.45) is 11.8 Å². The Morgan fingerprint density at radius 2 is 1.80 bits per heavy atom. The van der Waals surface area contributed by atoms with Crippen molar-refractivity contribution >= 4 is 17.7 Å². The van der Waals surface area contributed by atoms with Crippen molar-refractivity contribution in [2.45, 2.75) is 25.7 Å². The van der Waals surface area contributed by atoms with E-state index in [1.807, 2.05) is 11.2 Å². The Balaban J connectivity index is 1.87. The summed E-state index contributed by atoms with van der Waals surface area (Å²) in [5.41, 5.74) is 0. The number of nitrogens with zero attached hydrogens (tertiary/aromatic N) is 2. The van der Waals surface area contributed by atoms with E-state index in [9.17, 15) is 9.90 Å². The Labute approximate surface area is 126 Å². The summed E-state index contributed by atoms with van der Waals surface area (Å²) >= 11 is 1.58. The fourth-order valence-corrected chi connectivity index (χ4v) is 3.85. The molecule has 2 aliphatic rings. The van der Waals surface area contributed by atoms with E-state index in [2.05, 4.69) is 4.90 Å². The van der Waals surface area contributed by atoms with E-state index < -0.39 is 0 Å².